The number of nitrogens with zero attached hydrogens (tertiary/aromatic N) is 2. The molecule has 1 fully saturated rings. The molecule has 1 heterocycles. The summed E-state index contributed by atoms with van der Waals surface area (Å²) in [6.07, 6.45) is 8.43. The maximum atomic E-state index is 11.1. The summed E-state index contributed by atoms with van der Waals surface area (Å²) in [5.41, 5.74) is 6.17. The Kier molecular flexibility index (Phi) is 8.91. The minimum absolute atomic E-state index is 0.0984. The van der Waals surface area contributed by atoms with Crippen LogP contribution in [0.15, 0.2) is 79.1 Å². The van der Waals surface area contributed by atoms with Gasteiger partial charge in [-0.1, -0.05) is 52.0 Å². The Bertz CT molecular complexity index is 1470. The quantitative estimate of drug-likeness (QED) is 0.174. The van der Waals surface area contributed by atoms with Crippen LogP contribution in [0, 0.1) is 6.92 Å². The second-order valence-corrected chi connectivity index (χ2v) is 11.6. The van der Waals surface area contributed by atoms with Gasteiger partial charge >= 0.3 is 0 Å². The van der Waals surface area contributed by atoms with E-state index in [1.54, 1.807) is 12.4 Å². The zero-order valence-corrected chi connectivity index (χ0v) is 25.3. The predicted octanol–water partition coefficient (Wildman–Crippen LogP) is 8.64. The van der Waals surface area contributed by atoms with Gasteiger partial charge in [0, 0.05) is 35.5 Å². The molecule has 0 saturated heterocycles. The molecule has 3 aromatic carbocycles. The number of aromatic nitrogens is 2. The van der Waals surface area contributed by atoms with Gasteiger partial charge in [-0.15, -0.1) is 0 Å². The Morgan fingerprint density at radius 2 is 1.55 bits per heavy atom. The zero-order valence-electron chi connectivity index (χ0n) is 25.3. The largest absolute Gasteiger partial charge is 0.490 e. The number of ether oxygens (including phenoxy) is 2. The van der Waals surface area contributed by atoms with Crippen LogP contribution in [-0.2, 0) is 5.41 Å². The summed E-state index contributed by atoms with van der Waals surface area (Å²) in [4.78, 5) is 19.9. The molecule has 0 spiro atoms. The van der Waals surface area contributed by atoms with Crippen LogP contribution in [0.25, 0.3) is 0 Å². The van der Waals surface area contributed by atoms with Crippen molar-refractivity contribution in [2.24, 2.45) is 0 Å². The van der Waals surface area contributed by atoms with Crippen LogP contribution in [0.4, 0.5) is 5.69 Å². The minimum atomic E-state index is -0.0984. The van der Waals surface area contributed by atoms with Crippen molar-refractivity contribution in [3.63, 3.8) is 0 Å². The van der Waals surface area contributed by atoms with Crippen LogP contribution >= 0.6 is 0 Å². The van der Waals surface area contributed by atoms with Crippen molar-refractivity contribution in [3.8, 4) is 17.4 Å². The van der Waals surface area contributed by atoms with Crippen LogP contribution < -0.4 is 14.8 Å². The van der Waals surface area contributed by atoms with E-state index in [1.165, 1.54) is 11.1 Å². The van der Waals surface area contributed by atoms with E-state index in [1.807, 2.05) is 37.3 Å². The number of carbonyl (C=O) groups excluding carboxylic acids is 1. The van der Waals surface area contributed by atoms with E-state index < -0.39 is 0 Å². The lowest BCUT2D eigenvalue weighted by Gasteiger charge is -2.37. The van der Waals surface area contributed by atoms with Crippen LogP contribution in [0.1, 0.15) is 92.0 Å². The number of benzene rings is 3. The van der Waals surface area contributed by atoms with Gasteiger partial charge in [0.25, 0.3) is 0 Å². The number of carbonyl (C=O) groups is 1. The Morgan fingerprint density at radius 1 is 0.905 bits per heavy atom. The molecule has 0 atom stereocenters. The van der Waals surface area contributed by atoms with Crippen molar-refractivity contribution < 1.29 is 14.3 Å². The highest BCUT2D eigenvalue weighted by Gasteiger charge is 2.32. The van der Waals surface area contributed by atoms with Crippen LogP contribution in [0.2, 0.25) is 0 Å². The second kappa shape index (κ2) is 12.8. The molecule has 0 radical (unpaired) electrons. The smallest absolute Gasteiger partial charge is 0.237 e. The van der Waals surface area contributed by atoms with Crippen molar-refractivity contribution in [3.05, 3.63) is 107 Å². The first kappa shape index (κ1) is 29.3. The van der Waals surface area contributed by atoms with Gasteiger partial charge in [-0.25, -0.2) is 4.98 Å². The Hall–Kier alpha value is -4.19. The zero-order chi connectivity index (χ0) is 29.7. The maximum absolute atomic E-state index is 11.1. The second-order valence-electron chi connectivity index (χ2n) is 11.6. The first-order chi connectivity index (χ1) is 20.3. The summed E-state index contributed by atoms with van der Waals surface area (Å²) >= 11 is 0. The summed E-state index contributed by atoms with van der Waals surface area (Å²) in [6.45, 7) is 10.7. The molecule has 42 heavy (non-hydrogen) atoms. The normalized spacial score (nSPS) is 16.5. The van der Waals surface area contributed by atoms with Gasteiger partial charge in [0.2, 0.25) is 5.88 Å². The molecule has 1 N–H and O–H groups in total. The number of rotatable bonds is 12. The fourth-order valence-electron chi connectivity index (χ4n) is 5.83. The molecule has 6 nitrogen and oxygen atoms in total. The first-order valence-electron chi connectivity index (χ1n) is 15.0. The van der Waals surface area contributed by atoms with Crippen LogP contribution in [0.3, 0.4) is 0 Å². The SMILES string of the molecule is CCC(CC)(c1ccc(Oc2cnc(C(C)C)cn2)cc1)c1ccc(O[C@H]2C[C@@H](Nc3ccc(C=O)c(C)c3)C2)cc1. The molecular formula is C36H41N3O3. The monoisotopic (exact) mass is 563 g/mol. The highest BCUT2D eigenvalue weighted by molar-refractivity contribution is 5.78. The van der Waals surface area contributed by atoms with Gasteiger partial charge in [0.15, 0.2) is 0 Å². The predicted molar refractivity (Wildman–Crippen MR) is 168 cm³/mol. The van der Waals surface area contributed by atoms with Crippen LogP contribution in [0.5, 0.6) is 17.4 Å². The minimum Gasteiger partial charge on any atom is -0.490 e. The summed E-state index contributed by atoms with van der Waals surface area (Å²) in [5, 5.41) is 3.56. The molecule has 5 rings (SSSR count). The highest BCUT2D eigenvalue weighted by Crippen LogP contribution is 2.40. The van der Waals surface area contributed by atoms with E-state index >= 15 is 0 Å². The molecule has 0 amide bonds. The number of nitrogens with one attached hydrogen (secondary N) is 1. The molecule has 4 aromatic rings. The molecule has 0 bridgehead atoms. The lowest BCUT2D eigenvalue weighted by atomic mass is 9.70. The maximum Gasteiger partial charge on any atom is 0.237 e. The van der Waals surface area contributed by atoms with Gasteiger partial charge in [-0.3, -0.25) is 9.78 Å². The van der Waals surface area contributed by atoms with Gasteiger partial charge in [0.05, 0.1) is 18.1 Å². The van der Waals surface area contributed by atoms with E-state index in [4.69, 9.17) is 9.47 Å². The lowest BCUT2D eigenvalue weighted by molar-refractivity contribution is 0.108. The van der Waals surface area contributed by atoms with E-state index in [9.17, 15) is 4.79 Å². The number of aryl methyl sites for hydroxylation is 1. The first-order valence-corrected chi connectivity index (χ1v) is 15.0. The third-order valence-electron chi connectivity index (χ3n) is 8.65. The molecule has 6 heteroatoms. The average Bonchev–Trinajstić information content (AvgIpc) is 2.99. The van der Waals surface area contributed by atoms with Gasteiger partial charge < -0.3 is 14.8 Å². The van der Waals surface area contributed by atoms with Crippen molar-refractivity contribution in [1.29, 1.82) is 0 Å². The van der Waals surface area contributed by atoms with Gasteiger partial charge in [0.1, 0.15) is 23.9 Å². The standard InChI is InChI=1S/C36H41N3O3/c1-6-36(7-2,28-11-16-32(17-12-28)42-35-22-37-34(21-38-35)24(3)4)27-9-14-31(15-10-27)41-33-19-30(20-33)39-29-13-8-26(23-40)25(5)18-29/h8-18,21-24,30,33,39H,6-7,19-20H2,1-5H3/t30-,33+. The fourth-order valence-corrected chi connectivity index (χ4v) is 5.83. The average molecular weight is 564 g/mol. The topological polar surface area (TPSA) is 73.3 Å². The lowest BCUT2D eigenvalue weighted by Crippen LogP contribution is -2.42. The third-order valence-corrected chi connectivity index (χ3v) is 8.65. The Labute approximate surface area is 249 Å². The molecule has 0 unspecified atom stereocenters. The summed E-state index contributed by atoms with van der Waals surface area (Å²) in [7, 11) is 0. The molecule has 0 aliphatic heterocycles. The number of hydrogen-bond acceptors (Lipinski definition) is 6. The summed E-state index contributed by atoms with van der Waals surface area (Å²) in [6, 6.07) is 23.3. The third kappa shape index (κ3) is 6.33. The molecule has 1 aliphatic carbocycles. The van der Waals surface area contributed by atoms with Crippen molar-refractivity contribution in [1.82, 2.24) is 9.97 Å². The molecular weight excluding hydrogens is 522 g/mol. The van der Waals surface area contributed by atoms with Gasteiger partial charge in [-0.05, 0) is 84.8 Å². The number of hydrogen-bond donors (Lipinski definition) is 1. The van der Waals surface area contributed by atoms with Crippen LogP contribution in [-0.4, -0.2) is 28.4 Å². The van der Waals surface area contributed by atoms with Crippen molar-refractivity contribution >= 4 is 12.0 Å². The molecule has 1 saturated carbocycles. The number of anilines is 1. The van der Waals surface area contributed by atoms with E-state index in [0.29, 0.717) is 17.8 Å². The summed E-state index contributed by atoms with van der Waals surface area (Å²) in [5.74, 6) is 2.48. The number of aldehydes is 1. The van der Waals surface area contributed by atoms with Crippen molar-refractivity contribution in [2.45, 2.75) is 83.8 Å². The highest BCUT2D eigenvalue weighted by atomic mass is 16.5. The van der Waals surface area contributed by atoms with E-state index in [2.05, 4.69) is 79.4 Å². The Balaban J connectivity index is 1.19. The Morgan fingerprint density at radius 3 is 2.07 bits per heavy atom. The molecule has 1 aromatic heterocycles. The summed E-state index contributed by atoms with van der Waals surface area (Å²) < 4.78 is 12.3. The van der Waals surface area contributed by atoms with Gasteiger partial charge in [-0.2, -0.15) is 0 Å². The van der Waals surface area contributed by atoms with Crippen molar-refractivity contribution in [2.75, 3.05) is 5.32 Å². The molecule has 1 aliphatic rings. The van der Waals surface area contributed by atoms with E-state index in [-0.39, 0.29) is 11.5 Å². The van der Waals surface area contributed by atoms with E-state index in [0.717, 1.165) is 66.0 Å². The fraction of sp³-hybridized carbons (Fsp3) is 0.361. The molecule has 218 valence electrons.